The molecule has 0 amide bonds. The maximum absolute atomic E-state index is 5.33. The van der Waals surface area contributed by atoms with Crippen LogP contribution in [-0.2, 0) is 17.9 Å². The Bertz CT molecular complexity index is 555. The summed E-state index contributed by atoms with van der Waals surface area (Å²) in [6.07, 6.45) is 0. The van der Waals surface area contributed by atoms with Gasteiger partial charge in [-0.15, -0.1) is 0 Å². The van der Waals surface area contributed by atoms with E-state index in [0.717, 1.165) is 17.3 Å². The maximum atomic E-state index is 5.33. The standard InChI is InChI=1S/C13H19N5O2/c1-4-19-8-13-16-11(14-3)6-12(17-13)15-7-10-5-9(2)18-20-10/h5-6H,4,7-8H2,1-3H3,(H2,14,15,16,17). The van der Waals surface area contributed by atoms with Gasteiger partial charge in [0.25, 0.3) is 0 Å². The molecule has 20 heavy (non-hydrogen) atoms. The van der Waals surface area contributed by atoms with Crippen LogP contribution in [0.25, 0.3) is 0 Å². The van der Waals surface area contributed by atoms with E-state index in [-0.39, 0.29) is 0 Å². The van der Waals surface area contributed by atoms with Crippen LogP contribution >= 0.6 is 0 Å². The lowest BCUT2D eigenvalue weighted by Crippen LogP contribution is -2.07. The van der Waals surface area contributed by atoms with E-state index < -0.39 is 0 Å². The molecule has 0 aliphatic heterocycles. The van der Waals surface area contributed by atoms with Crippen molar-refractivity contribution in [3.63, 3.8) is 0 Å². The van der Waals surface area contributed by atoms with E-state index in [1.807, 2.05) is 33.0 Å². The van der Waals surface area contributed by atoms with E-state index in [0.29, 0.717) is 31.4 Å². The number of hydrogen-bond donors (Lipinski definition) is 2. The van der Waals surface area contributed by atoms with Crippen LogP contribution in [0.15, 0.2) is 16.7 Å². The van der Waals surface area contributed by atoms with Crippen molar-refractivity contribution in [2.24, 2.45) is 0 Å². The monoisotopic (exact) mass is 277 g/mol. The summed E-state index contributed by atoms with van der Waals surface area (Å²) in [5.41, 5.74) is 0.859. The average Bonchev–Trinajstić information content (AvgIpc) is 2.88. The minimum absolute atomic E-state index is 0.391. The highest BCUT2D eigenvalue weighted by Crippen LogP contribution is 2.13. The molecule has 0 saturated carbocycles. The van der Waals surface area contributed by atoms with Crippen LogP contribution in [0, 0.1) is 6.92 Å². The largest absolute Gasteiger partial charge is 0.374 e. The molecule has 0 unspecified atom stereocenters. The minimum Gasteiger partial charge on any atom is -0.374 e. The predicted molar refractivity (Wildman–Crippen MR) is 75.5 cm³/mol. The van der Waals surface area contributed by atoms with Crippen molar-refractivity contribution < 1.29 is 9.26 Å². The summed E-state index contributed by atoms with van der Waals surface area (Å²) in [7, 11) is 1.82. The number of aryl methyl sites for hydroxylation is 1. The topological polar surface area (TPSA) is 85.1 Å². The van der Waals surface area contributed by atoms with Crippen LogP contribution < -0.4 is 10.6 Å². The van der Waals surface area contributed by atoms with Crippen LogP contribution in [0.4, 0.5) is 11.6 Å². The third-order valence-electron chi connectivity index (χ3n) is 2.58. The van der Waals surface area contributed by atoms with Crippen molar-refractivity contribution >= 4 is 11.6 Å². The molecule has 0 spiro atoms. The van der Waals surface area contributed by atoms with Gasteiger partial charge in [-0.3, -0.25) is 0 Å². The van der Waals surface area contributed by atoms with Gasteiger partial charge in [-0.05, 0) is 13.8 Å². The van der Waals surface area contributed by atoms with Crippen molar-refractivity contribution in [2.75, 3.05) is 24.3 Å². The van der Waals surface area contributed by atoms with Crippen LogP contribution in [0.5, 0.6) is 0 Å². The van der Waals surface area contributed by atoms with Crippen LogP contribution in [0.3, 0.4) is 0 Å². The Morgan fingerprint density at radius 1 is 1.25 bits per heavy atom. The highest BCUT2D eigenvalue weighted by Gasteiger charge is 2.06. The second-order valence-electron chi connectivity index (χ2n) is 4.23. The van der Waals surface area contributed by atoms with Gasteiger partial charge < -0.3 is 19.9 Å². The molecule has 108 valence electrons. The molecule has 0 aliphatic rings. The molecule has 0 atom stereocenters. The number of rotatable bonds is 7. The molecule has 0 fully saturated rings. The van der Waals surface area contributed by atoms with Gasteiger partial charge in [-0.2, -0.15) is 0 Å². The van der Waals surface area contributed by atoms with E-state index in [4.69, 9.17) is 9.26 Å². The minimum atomic E-state index is 0.391. The lowest BCUT2D eigenvalue weighted by Gasteiger charge is -2.08. The Hall–Kier alpha value is -2.15. The van der Waals surface area contributed by atoms with E-state index in [1.165, 1.54) is 0 Å². The first-order valence-corrected chi connectivity index (χ1v) is 6.50. The number of nitrogens with zero attached hydrogens (tertiary/aromatic N) is 3. The van der Waals surface area contributed by atoms with Gasteiger partial charge in [0, 0.05) is 25.8 Å². The molecule has 0 saturated heterocycles. The van der Waals surface area contributed by atoms with Crippen molar-refractivity contribution in [2.45, 2.75) is 27.0 Å². The molecule has 0 aromatic carbocycles. The van der Waals surface area contributed by atoms with Gasteiger partial charge in [0.2, 0.25) is 0 Å². The lowest BCUT2D eigenvalue weighted by atomic mass is 10.4. The van der Waals surface area contributed by atoms with Gasteiger partial charge in [0.1, 0.15) is 18.2 Å². The fraction of sp³-hybridized carbons (Fsp3) is 0.462. The zero-order valence-corrected chi connectivity index (χ0v) is 11.9. The van der Waals surface area contributed by atoms with E-state index in [1.54, 1.807) is 0 Å². The Balaban J connectivity index is 2.05. The molecule has 0 aliphatic carbocycles. The van der Waals surface area contributed by atoms with E-state index >= 15 is 0 Å². The summed E-state index contributed by atoms with van der Waals surface area (Å²) >= 11 is 0. The molecule has 0 radical (unpaired) electrons. The summed E-state index contributed by atoms with van der Waals surface area (Å²) in [5.74, 6) is 2.85. The molecule has 7 nitrogen and oxygen atoms in total. The molecule has 2 aromatic heterocycles. The predicted octanol–water partition coefficient (Wildman–Crippen LogP) is 1.96. The van der Waals surface area contributed by atoms with E-state index in [2.05, 4.69) is 25.8 Å². The second kappa shape index (κ2) is 6.85. The number of hydrogen-bond acceptors (Lipinski definition) is 7. The zero-order chi connectivity index (χ0) is 14.4. The molecule has 0 bridgehead atoms. The Kier molecular flexibility index (Phi) is 4.89. The first-order valence-electron chi connectivity index (χ1n) is 6.50. The molecular weight excluding hydrogens is 258 g/mol. The fourth-order valence-electron chi connectivity index (χ4n) is 1.65. The normalized spacial score (nSPS) is 10.6. The lowest BCUT2D eigenvalue weighted by molar-refractivity contribution is 0.128. The highest BCUT2D eigenvalue weighted by molar-refractivity contribution is 5.47. The molecule has 2 heterocycles. The molecule has 2 N–H and O–H groups in total. The SMILES string of the molecule is CCOCc1nc(NC)cc(NCc2cc(C)no2)n1. The maximum Gasteiger partial charge on any atom is 0.158 e. The smallest absolute Gasteiger partial charge is 0.158 e. The Morgan fingerprint density at radius 2 is 2.05 bits per heavy atom. The number of nitrogens with one attached hydrogen (secondary N) is 2. The molecule has 2 rings (SSSR count). The average molecular weight is 277 g/mol. The number of aromatic nitrogens is 3. The summed E-state index contributed by atoms with van der Waals surface area (Å²) in [5, 5.41) is 10.0. The summed E-state index contributed by atoms with van der Waals surface area (Å²) in [6.45, 7) is 5.37. The van der Waals surface area contributed by atoms with Crippen molar-refractivity contribution in [1.29, 1.82) is 0 Å². The second-order valence-corrected chi connectivity index (χ2v) is 4.23. The van der Waals surface area contributed by atoms with Crippen LogP contribution in [-0.4, -0.2) is 28.8 Å². The number of anilines is 2. The van der Waals surface area contributed by atoms with Gasteiger partial charge in [0.05, 0.1) is 12.2 Å². The van der Waals surface area contributed by atoms with E-state index in [9.17, 15) is 0 Å². The van der Waals surface area contributed by atoms with Crippen molar-refractivity contribution in [1.82, 2.24) is 15.1 Å². The summed E-state index contributed by atoms with van der Waals surface area (Å²) < 4.78 is 10.5. The summed E-state index contributed by atoms with van der Waals surface area (Å²) in [6, 6.07) is 3.72. The van der Waals surface area contributed by atoms with Crippen LogP contribution in [0.1, 0.15) is 24.2 Å². The first kappa shape index (κ1) is 14.3. The third kappa shape index (κ3) is 3.92. The van der Waals surface area contributed by atoms with Crippen molar-refractivity contribution in [3.05, 3.63) is 29.4 Å². The molecule has 7 heteroatoms. The zero-order valence-electron chi connectivity index (χ0n) is 11.9. The summed E-state index contributed by atoms with van der Waals surface area (Å²) in [4.78, 5) is 8.72. The first-order chi connectivity index (χ1) is 9.71. The van der Waals surface area contributed by atoms with Gasteiger partial charge in [-0.25, -0.2) is 9.97 Å². The van der Waals surface area contributed by atoms with Gasteiger partial charge in [-0.1, -0.05) is 5.16 Å². The third-order valence-corrected chi connectivity index (χ3v) is 2.58. The van der Waals surface area contributed by atoms with Gasteiger partial charge >= 0.3 is 0 Å². The van der Waals surface area contributed by atoms with Gasteiger partial charge in [0.15, 0.2) is 11.6 Å². The Labute approximate surface area is 117 Å². The molecular formula is C13H19N5O2. The quantitative estimate of drug-likeness (QED) is 0.800. The molecule has 2 aromatic rings. The Morgan fingerprint density at radius 3 is 2.70 bits per heavy atom. The van der Waals surface area contributed by atoms with Crippen molar-refractivity contribution in [3.8, 4) is 0 Å². The highest BCUT2D eigenvalue weighted by atomic mass is 16.5. The number of ether oxygens (including phenoxy) is 1. The fourth-order valence-corrected chi connectivity index (χ4v) is 1.65. The van der Waals surface area contributed by atoms with Crippen LogP contribution in [0.2, 0.25) is 0 Å².